The van der Waals surface area contributed by atoms with Crippen molar-refractivity contribution >= 4 is 20.2 Å². The predicted octanol–water partition coefficient (Wildman–Crippen LogP) is 3.67. The molecule has 2 aromatic carbocycles. The molecule has 2 rings (SSSR count). The zero-order valence-corrected chi connectivity index (χ0v) is 18.2. The third-order valence-electron chi connectivity index (χ3n) is 4.02. The Balaban J connectivity index is 2.72. The second-order valence-corrected chi connectivity index (χ2v) is 9.51. The number of benzene rings is 2. The Morgan fingerprint density at radius 2 is 0.861 bits per heavy atom. The summed E-state index contributed by atoms with van der Waals surface area (Å²) in [5.41, 5.74) is -2.17. The Morgan fingerprint density at radius 3 is 1.11 bits per heavy atom. The highest BCUT2D eigenvalue weighted by Crippen LogP contribution is 2.47. The molecule has 202 valence electrons. The molecule has 0 saturated carbocycles. The fraction of sp³-hybridized carbons (Fsp3) is 0.250. The van der Waals surface area contributed by atoms with Gasteiger partial charge in [0.15, 0.2) is 0 Å². The summed E-state index contributed by atoms with van der Waals surface area (Å²) < 4.78 is 177. The zero-order valence-electron chi connectivity index (χ0n) is 16.5. The van der Waals surface area contributed by atoms with Crippen LogP contribution in [0.3, 0.4) is 0 Å². The monoisotopic (exact) mass is 578 g/mol. The molecule has 0 aliphatic rings. The molecule has 0 fully saturated rings. The van der Waals surface area contributed by atoms with E-state index in [0.717, 1.165) is 0 Å². The van der Waals surface area contributed by atoms with Gasteiger partial charge in [-0.05, 0) is 24.3 Å². The van der Waals surface area contributed by atoms with Crippen LogP contribution in [0.15, 0.2) is 36.4 Å². The molecule has 0 atom stereocenters. The number of rotatable bonds is 9. The van der Waals surface area contributed by atoms with Crippen molar-refractivity contribution in [2.24, 2.45) is 0 Å². The lowest BCUT2D eigenvalue weighted by Gasteiger charge is -2.27. The molecule has 2 aromatic rings. The van der Waals surface area contributed by atoms with Gasteiger partial charge in [-0.2, -0.15) is 52.0 Å². The maximum Gasteiger partial charge on any atom is 0.483 e. The van der Waals surface area contributed by atoms with Gasteiger partial charge in [0.1, 0.15) is 23.0 Å². The number of hydrogen-bond donors (Lipinski definition) is 4. The molecule has 0 unspecified atom stereocenters. The van der Waals surface area contributed by atoms with Gasteiger partial charge in [-0.3, -0.25) is 9.11 Å². The topological polar surface area (TPSA) is 168 Å². The van der Waals surface area contributed by atoms with E-state index in [9.17, 15) is 62.2 Å². The van der Waals surface area contributed by atoms with Crippen LogP contribution in [0.4, 0.5) is 35.1 Å². The minimum absolute atomic E-state index is 0.102. The Labute approximate surface area is 194 Å². The van der Waals surface area contributed by atoms with E-state index < -0.39 is 77.1 Å². The quantitative estimate of drug-likeness (QED) is 0.255. The van der Waals surface area contributed by atoms with Crippen molar-refractivity contribution in [2.75, 3.05) is 0 Å². The second kappa shape index (κ2) is 8.78. The number of hydrogen-bond acceptors (Lipinski definition) is 8. The van der Waals surface area contributed by atoms with Gasteiger partial charge in [0, 0.05) is 23.3 Å². The van der Waals surface area contributed by atoms with Gasteiger partial charge in [0.25, 0.3) is 0 Å². The van der Waals surface area contributed by atoms with Crippen LogP contribution in [0.1, 0.15) is 0 Å². The molecule has 0 aromatic heterocycles. The summed E-state index contributed by atoms with van der Waals surface area (Å²) in [4.78, 5) is 0. The Bertz CT molecular complexity index is 1270. The third-order valence-corrected chi connectivity index (χ3v) is 5.79. The van der Waals surface area contributed by atoms with Crippen molar-refractivity contribution in [3.63, 3.8) is 0 Å². The van der Waals surface area contributed by atoms with E-state index >= 15 is 0 Å². The van der Waals surface area contributed by atoms with E-state index in [1.54, 1.807) is 0 Å². The fourth-order valence-corrected chi connectivity index (χ4v) is 3.02. The molecule has 0 aliphatic heterocycles. The smallest absolute Gasteiger partial charge is 0.483 e. The number of aromatic hydroxyl groups is 2. The van der Waals surface area contributed by atoms with Crippen molar-refractivity contribution in [3.8, 4) is 34.1 Å². The van der Waals surface area contributed by atoms with Gasteiger partial charge in [-0.1, -0.05) is 0 Å². The summed E-state index contributed by atoms with van der Waals surface area (Å²) in [5, 5.41) is 6.31. The lowest BCUT2D eigenvalue weighted by molar-refractivity contribution is -0.275. The van der Waals surface area contributed by atoms with E-state index in [1.165, 1.54) is 0 Å². The van der Waals surface area contributed by atoms with Gasteiger partial charge < -0.3 is 19.7 Å². The van der Waals surface area contributed by atoms with E-state index in [4.69, 9.17) is 9.11 Å². The van der Waals surface area contributed by atoms with Crippen LogP contribution in [0.2, 0.25) is 0 Å². The first-order chi connectivity index (χ1) is 15.9. The summed E-state index contributed by atoms with van der Waals surface area (Å²) in [7, 11) is -13.7. The summed E-state index contributed by atoms with van der Waals surface area (Å²) in [5.74, 6) is -5.35. The molecule has 0 saturated heterocycles. The number of phenols is 2. The lowest BCUT2D eigenvalue weighted by atomic mass is 10.0. The van der Waals surface area contributed by atoms with Crippen LogP contribution < -0.4 is 9.47 Å². The van der Waals surface area contributed by atoms with Crippen molar-refractivity contribution < 1.29 is 80.8 Å². The second-order valence-electron chi connectivity index (χ2n) is 6.58. The molecule has 0 bridgehead atoms. The maximum absolute atomic E-state index is 14.0. The average Bonchev–Trinajstić information content (AvgIpc) is 2.66. The largest absolute Gasteiger partial charge is 0.508 e. The van der Waals surface area contributed by atoms with Crippen molar-refractivity contribution in [1.29, 1.82) is 0 Å². The Kier molecular flexibility index (Phi) is 7.10. The molecule has 20 heteroatoms. The van der Waals surface area contributed by atoms with E-state index in [-0.39, 0.29) is 12.1 Å². The van der Waals surface area contributed by atoms with E-state index in [0.29, 0.717) is 24.3 Å². The van der Waals surface area contributed by atoms with Gasteiger partial charge in [0.05, 0.1) is 0 Å². The number of halogens is 8. The van der Waals surface area contributed by atoms with Crippen LogP contribution in [-0.2, 0) is 20.2 Å². The first-order valence-electron chi connectivity index (χ1n) is 8.44. The van der Waals surface area contributed by atoms with Gasteiger partial charge in [-0.25, -0.2) is 0 Å². The van der Waals surface area contributed by atoms with Crippen LogP contribution in [0, 0.1) is 0 Å². The molecule has 4 N–H and O–H groups in total. The molecule has 0 aliphatic carbocycles. The minimum atomic E-state index is -6.83. The Morgan fingerprint density at radius 1 is 0.583 bits per heavy atom. The molecule has 10 nitrogen and oxygen atoms in total. The summed E-state index contributed by atoms with van der Waals surface area (Å²) in [6, 6.07) is 2.30. The van der Waals surface area contributed by atoms with Gasteiger partial charge >= 0.3 is 43.0 Å². The third kappa shape index (κ3) is 5.20. The SMILES string of the molecule is O=S(=O)(O)C(F)(F)C(F)(F)Oc1cc(O)ccc1-c1ccc(O)cc1OC(F)(F)C(F)(F)S(=O)(=O)O. The predicted molar refractivity (Wildman–Crippen MR) is 99.3 cm³/mol. The standard InChI is InChI=1S/C16H10F8O10S2/c17-13(18,15(21,22)35(27,28)29)33-11-5-7(25)1-3-9(11)10-4-2-8(26)6-12(10)34-14(19,20)16(23,24)36(30,31)32/h1-6,25-26H,(H,27,28,29)(H,30,31,32). The van der Waals surface area contributed by atoms with Crippen molar-refractivity contribution in [2.45, 2.75) is 22.7 Å². The zero-order chi connectivity index (χ0) is 28.1. The van der Waals surface area contributed by atoms with Crippen LogP contribution in [-0.4, -0.2) is 58.9 Å². The normalized spacial score (nSPS) is 13.9. The molecule has 0 heterocycles. The van der Waals surface area contributed by atoms with Gasteiger partial charge in [-0.15, -0.1) is 0 Å². The van der Waals surface area contributed by atoms with Crippen molar-refractivity contribution in [3.05, 3.63) is 36.4 Å². The molecule has 36 heavy (non-hydrogen) atoms. The van der Waals surface area contributed by atoms with Gasteiger partial charge in [0.2, 0.25) is 0 Å². The average molecular weight is 578 g/mol. The maximum atomic E-state index is 14.0. The fourth-order valence-electron chi connectivity index (χ4n) is 2.33. The molecular weight excluding hydrogens is 568 g/mol. The van der Waals surface area contributed by atoms with Crippen LogP contribution in [0.25, 0.3) is 11.1 Å². The molecule has 0 amide bonds. The number of phenolic OH excluding ortho intramolecular Hbond substituents is 2. The summed E-state index contributed by atoms with van der Waals surface area (Å²) >= 11 is 0. The number of ether oxygens (including phenoxy) is 2. The molecular formula is C16H10F8O10S2. The first-order valence-corrected chi connectivity index (χ1v) is 11.3. The first kappa shape index (κ1) is 29.1. The minimum Gasteiger partial charge on any atom is -0.508 e. The highest BCUT2D eigenvalue weighted by atomic mass is 32.2. The highest BCUT2D eigenvalue weighted by Gasteiger charge is 2.70. The Hall–Kier alpha value is -3.10. The summed E-state index contributed by atoms with van der Waals surface area (Å²) in [6.07, 6.45) is -12.2. The van der Waals surface area contributed by atoms with Crippen molar-refractivity contribution in [1.82, 2.24) is 0 Å². The van der Waals surface area contributed by atoms with E-state index in [1.807, 2.05) is 0 Å². The highest BCUT2D eigenvalue weighted by molar-refractivity contribution is 7.87. The van der Waals surface area contributed by atoms with Crippen LogP contribution >= 0.6 is 0 Å². The number of alkyl halides is 8. The molecule has 0 spiro atoms. The molecule has 0 radical (unpaired) electrons. The van der Waals surface area contributed by atoms with Crippen LogP contribution in [0.5, 0.6) is 23.0 Å². The van der Waals surface area contributed by atoms with E-state index in [2.05, 4.69) is 9.47 Å². The lowest BCUT2D eigenvalue weighted by Crippen LogP contribution is -2.50. The summed E-state index contributed by atoms with van der Waals surface area (Å²) in [6.45, 7) is 0.